The molecule has 46 heavy (non-hydrogen) atoms. The number of urea groups is 2. The largest absolute Gasteiger partial charge is 0.338 e. The van der Waals surface area contributed by atoms with E-state index in [2.05, 4.69) is 21.3 Å². The minimum absolute atomic E-state index is 0.00585. The van der Waals surface area contributed by atoms with Gasteiger partial charge in [-0.05, 0) is 60.7 Å². The lowest BCUT2D eigenvalue weighted by Gasteiger charge is -2.27. The summed E-state index contributed by atoms with van der Waals surface area (Å²) in [7, 11) is 0. The van der Waals surface area contributed by atoms with E-state index in [9.17, 15) is 24.0 Å². The predicted octanol–water partition coefficient (Wildman–Crippen LogP) is 4.41. The Hall–Kier alpha value is -5.45. The second kappa shape index (κ2) is 13.7. The Morgan fingerprint density at radius 2 is 0.870 bits per heavy atom. The number of nitrogens with one attached hydrogen (secondary N) is 4. The number of benzene rings is 4. The van der Waals surface area contributed by atoms with E-state index in [1.54, 1.807) is 17.0 Å². The van der Waals surface area contributed by atoms with Crippen LogP contribution in [0.15, 0.2) is 72.8 Å². The molecule has 4 aromatic rings. The highest BCUT2D eigenvalue weighted by molar-refractivity contribution is 6.26. The van der Waals surface area contributed by atoms with Crippen LogP contribution >= 0.6 is 0 Å². The molecule has 0 unspecified atom stereocenters. The maximum absolute atomic E-state index is 13.0. The van der Waals surface area contributed by atoms with Crippen LogP contribution in [-0.4, -0.2) is 74.0 Å². The lowest BCUT2D eigenvalue weighted by Crippen LogP contribution is -2.42. The molecule has 11 heteroatoms. The smallest absolute Gasteiger partial charge is 0.314 e. The van der Waals surface area contributed by atoms with Crippen molar-refractivity contribution in [2.75, 3.05) is 44.2 Å². The molecular formula is C35H36N6O5. The van der Waals surface area contributed by atoms with Crippen LogP contribution < -0.4 is 26.2 Å². The first-order valence-electron chi connectivity index (χ1n) is 15.7. The van der Waals surface area contributed by atoms with Gasteiger partial charge in [0.2, 0.25) is 0 Å². The summed E-state index contributed by atoms with van der Waals surface area (Å²) in [5.41, 5.74) is 2.68. The maximum Gasteiger partial charge on any atom is 0.314 e. The molecule has 7 amide bonds. The summed E-state index contributed by atoms with van der Waals surface area (Å²) in [5, 5.41) is 14.8. The Bertz CT molecular complexity index is 1780. The number of unbranched alkanes of at least 4 members (excludes halogenated alkanes) is 1. The van der Waals surface area contributed by atoms with Crippen molar-refractivity contribution >= 4 is 57.0 Å². The highest BCUT2D eigenvalue weighted by Crippen LogP contribution is 2.37. The van der Waals surface area contributed by atoms with Gasteiger partial charge in [-0.1, -0.05) is 48.5 Å². The van der Waals surface area contributed by atoms with Gasteiger partial charge in [-0.15, -0.1) is 0 Å². The van der Waals surface area contributed by atoms with Crippen LogP contribution in [0.5, 0.6) is 0 Å². The molecule has 2 aliphatic heterocycles. The molecule has 0 saturated heterocycles. The molecule has 2 heterocycles. The summed E-state index contributed by atoms with van der Waals surface area (Å²) < 4.78 is 0. The number of amides is 7. The van der Waals surface area contributed by atoms with Gasteiger partial charge in [0.15, 0.2) is 0 Å². The van der Waals surface area contributed by atoms with Crippen LogP contribution in [0.4, 0.5) is 15.3 Å². The van der Waals surface area contributed by atoms with Gasteiger partial charge in [0, 0.05) is 66.7 Å². The normalized spacial score (nSPS) is 13.4. The molecule has 4 N–H and O–H groups in total. The molecule has 0 atom stereocenters. The summed E-state index contributed by atoms with van der Waals surface area (Å²) in [6.45, 7) is 2.38. The van der Waals surface area contributed by atoms with Gasteiger partial charge in [0.1, 0.15) is 0 Å². The van der Waals surface area contributed by atoms with Crippen molar-refractivity contribution in [3.63, 3.8) is 0 Å². The molecule has 0 bridgehead atoms. The van der Waals surface area contributed by atoms with Crippen LogP contribution in [0.2, 0.25) is 0 Å². The zero-order valence-corrected chi connectivity index (χ0v) is 25.4. The van der Waals surface area contributed by atoms with Crippen molar-refractivity contribution in [2.45, 2.75) is 25.7 Å². The molecule has 11 nitrogen and oxygen atoms in total. The molecule has 4 aromatic carbocycles. The summed E-state index contributed by atoms with van der Waals surface area (Å²) >= 11 is 0. The van der Waals surface area contributed by atoms with E-state index in [1.807, 2.05) is 60.7 Å². The van der Waals surface area contributed by atoms with Gasteiger partial charge in [-0.2, -0.15) is 0 Å². The zero-order valence-electron chi connectivity index (χ0n) is 25.4. The fourth-order valence-corrected chi connectivity index (χ4v) is 6.14. The molecule has 0 radical (unpaired) electrons. The highest BCUT2D eigenvalue weighted by atomic mass is 16.2. The molecular weight excluding hydrogens is 584 g/mol. The van der Waals surface area contributed by atoms with Gasteiger partial charge in [-0.3, -0.25) is 19.3 Å². The molecule has 6 rings (SSSR count). The number of hydrogen-bond donors (Lipinski definition) is 4. The summed E-state index contributed by atoms with van der Waals surface area (Å²) in [6, 6.07) is 21.9. The van der Waals surface area contributed by atoms with Crippen LogP contribution in [0.25, 0.3) is 21.5 Å². The monoisotopic (exact) mass is 620 g/mol. The first kappa shape index (κ1) is 30.6. The van der Waals surface area contributed by atoms with Gasteiger partial charge in [0.05, 0.1) is 5.69 Å². The molecule has 236 valence electrons. The third kappa shape index (κ3) is 6.21. The lowest BCUT2D eigenvalue weighted by atomic mass is 9.94. The molecule has 0 saturated carbocycles. The molecule has 0 spiro atoms. The van der Waals surface area contributed by atoms with Gasteiger partial charge in [0.25, 0.3) is 17.7 Å². The number of carbonyl (C=O) groups excluding carboxylic acids is 5. The third-order valence-corrected chi connectivity index (χ3v) is 8.37. The van der Waals surface area contributed by atoms with Crippen molar-refractivity contribution in [3.8, 4) is 0 Å². The van der Waals surface area contributed by atoms with Crippen molar-refractivity contribution < 1.29 is 24.0 Å². The minimum atomic E-state index is -0.326. The standard InChI is InChI=1S/C35H36N6O5/c42-31-27-15-5-11-24-12-6-16-28(30(24)27)40(31)21-7-19-38-34(45)36-17-1-2-18-37-35(46)39-20-8-22-41-32(43)25-13-3-9-23-10-4-14-26(29(23)25)33(41)44/h3-6,9-16H,1-2,7-8,17-22H2,(H2,36,38,45)(H2,37,39,46). The fourth-order valence-electron chi connectivity index (χ4n) is 6.14. The van der Waals surface area contributed by atoms with Crippen molar-refractivity contribution in [3.05, 3.63) is 89.5 Å². The van der Waals surface area contributed by atoms with Gasteiger partial charge >= 0.3 is 12.1 Å². The zero-order chi connectivity index (χ0) is 32.0. The molecule has 0 aromatic heterocycles. The average Bonchev–Trinajstić information content (AvgIpc) is 3.34. The fraction of sp³-hybridized carbons (Fsp3) is 0.286. The topological polar surface area (TPSA) is 140 Å². The van der Waals surface area contributed by atoms with E-state index in [1.165, 1.54) is 4.90 Å². The quantitative estimate of drug-likeness (QED) is 0.130. The third-order valence-electron chi connectivity index (χ3n) is 8.37. The minimum Gasteiger partial charge on any atom is -0.338 e. The number of imide groups is 1. The Labute approximate surface area is 266 Å². The molecule has 0 fully saturated rings. The van der Waals surface area contributed by atoms with E-state index < -0.39 is 0 Å². The second-order valence-electron chi connectivity index (χ2n) is 11.4. The first-order valence-corrected chi connectivity index (χ1v) is 15.7. The van der Waals surface area contributed by atoms with E-state index in [4.69, 9.17) is 0 Å². The summed E-state index contributed by atoms with van der Waals surface area (Å²) in [4.78, 5) is 66.1. The van der Waals surface area contributed by atoms with E-state index in [0.717, 1.165) is 27.4 Å². The number of hydrogen-bond acceptors (Lipinski definition) is 5. The van der Waals surface area contributed by atoms with Crippen LogP contribution in [0.1, 0.15) is 56.8 Å². The Kier molecular flexibility index (Phi) is 9.09. The number of carbonyl (C=O) groups is 5. The van der Waals surface area contributed by atoms with E-state index in [-0.39, 0.29) is 36.3 Å². The number of nitrogens with zero attached hydrogens (tertiary/aromatic N) is 2. The second-order valence-corrected chi connectivity index (χ2v) is 11.4. The Morgan fingerprint density at radius 3 is 1.39 bits per heavy atom. The SMILES string of the molecule is O=C(NCCCCNC(=O)NCCCN1C(=O)c2cccc3cccc1c23)NCCCN1C(=O)c2cccc3cccc(c23)C1=O. The first-order chi connectivity index (χ1) is 22.4. The number of anilines is 1. The lowest BCUT2D eigenvalue weighted by molar-refractivity contribution is 0.0609. The van der Waals surface area contributed by atoms with Crippen LogP contribution in [0, 0.1) is 0 Å². The van der Waals surface area contributed by atoms with Crippen molar-refractivity contribution in [1.29, 1.82) is 0 Å². The van der Waals surface area contributed by atoms with Crippen molar-refractivity contribution in [2.24, 2.45) is 0 Å². The van der Waals surface area contributed by atoms with Crippen molar-refractivity contribution in [1.82, 2.24) is 26.2 Å². The maximum atomic E-state index is 13.0. The van der Waals surface area contributed by atoms with Crippen LogP contribution in [0.3, 0.4) is 0 Å². The van der Waals surface area contributed by atoms with Gasteiger partial charge in [-0.25, -0.2) is 9.59 Å². The average molecular weight is 621 g/mol. The molecule has 0 aliphatic carbocycles. The molecule has 2 aliphatic rings. The number of rotatable bonds is 13. The summed E-state index contributed by atoms with van der Waals surface area (Å²) in [5.74, 6) is -0.637. The Balaban J connectivity index is 0.805. The van der Waals surface area contributed by atoms with Gasteiger partial charge < -0.3 is 26.2 Å². The Morgan fingerprint density at radius 1 is 0.478 bits per heavy atom. The predicted molar refractivity (Wildman–Crippen MR) is 176 cm³/mol. The summed E-state index contributed by atoms with van der Waals surface area (Å²) in [6.07, 6.45) is 2.42. The van der Waals surface area contributed by atoms with E-state index in [0.29, 0.717) is 74.9 Å². The van der Waals surface area contributed by atoms with E-state index >= 15 is 0 Å². The highest BCUT2D eigenvalue weighted by Gasteiger charge is 2.32. The van der Waals surface area contributed by atoms with Crippen LogP contribution in [-0.2, 0) is 0 Å².